The molecule has 5 heteroatoms. The number of hydrogen-bond acceptors (Lipinski definition) is 4. The fourth-order valence-corrected chi connectivity index (χ4v) is 2.22. The average Bonchev–Trinajstić information content (AvgIpc) is 2.48. The van der Waals surface area contributed by atoms with Gasteiger partial charge in [-0.1, -0.05) is 0 Å². The molecule has 0 saturated carbocycles. The van der Waals surface area contributed by atoms with Crippen molar-refractivity contribution in [3.63, 3.8) is 0 Å². The Morgan fingerprint density at radius 2 is 1.95 bits per heavy atom. The molecular formula is C16H12O5. The Morgan fingerprint density at radius 3 is 2.67 bits per heavy atom. The fraction of sp³-hybridized carbons (Fsp3) is 0.125. The third-order valence-corrected chi connectivity index (χ3v) is 3.20. The molecule has 106 valence electrons. The lowest BCUT2D eigenvalue weighted by Gasteiger charge is -2.05. The molecule has 0 fully saturated rings. The van der Waals surface area contributed by atoms with E-state index >= 15 is 0 Å². The van der Waals surface area contributed by atoms with E-state index in [-0.39, 0.29) is 16.6 Å². The zero-order valence-electron chi connectivity index (χ0n) is 11.3. The zero-order chi connectivity index (χ0) is 15.0. The molecule has 0 amide bonds. The van der Waals surface area contributed by atoms with Crippen LogP contribution in [0.15, 0.2) is 45.6 Å². The maximum atomic E-state index is 12.5. The lowest BCUT2D eigenvalue weighted by molar-refractivity contribution is 0.0697. The van der Waals surface area contributed by atoms with Crippen LogP contribution in [0.1, 0.15) is 17.3 Å². The molecule has 0 aliphatic heterocycles. The molecule has 0 radical (unpaired) electrons. The van der Waals surface area contributed by atoms with E-state index in [9.17, 15) is 9.59 Å². The Labute approximate surface area is 119 Å². The third kappa shape index (κ3) is 2.23. The highest BCUT2D eigenvalue weighted by Crippen LogP contribution is 2.23. The highest BCUT2D eigenvalue weighted by atomic mass is 16.5. The first-order valence-electron chi connectivity index (χ1n) is 6.47. The normalized spacial score (nSPS) is 10.9. The summed E-state index contributed by atoms with van der Waals surface area (Å²) in [6, 6.07) is 9.21. The monoisotopic (exact) mass is 284 g/mol. The van der Waals surface area contributed by atoms with Crippen LogP contribution >= 0.6 is 0 Å². The van der Waals surface area contributed by atoms with Crippen molar-refractivity contribution in [1.29, 1.82) is 0 Å². The van der Waals surface area contributed by atoms with Gasteiger partial charge in [0.15, 0.2) is 0 Å². The minimum absolute atomic E-state index is 0.0796. The summed E-state index contributed by atoms with van der Waals surface area (Å²) in [5, 5.41) is 9.75. The van der Waals surface area contributed by atoms with Crippen molar-refractivity contribution in [2.24, 2.45) is 0 Å². The van der Waals surface area contributed by atoms with Gasteiger partial charge >= 0.3 is 5.97 Å². The van der Waals surface area contributed by atoms with Crippen LogP contribution in [0.2, 0.25) is 0 Å². The van der Waals surface area contributed by atoms with Crippen molar-refractivity contribution in [3.05, 3.63) is 52.2 Å². The lowest BCUT2D eigenvalue weighted by atomic mass is 10.1. The SMILES string of the molecule is CCOc1ccc2oc3cc(C(=O)O)ccc3c(=O)c2c1. The predicted octanol–water partition coefficient (Wildman–Crippen LogP) is 3.04. The first kappa shape index (κ1) is 13.2. The van der Waals surface area contributed by atoms with Crippen LogP contribution in [0.25, 0.3) is 21.9 Å². The second kappa shape index (κ2) is 4.94. The molecule has 3 rings (SSSR count). The predicted molar refractivity (Wildman–Crippen MR) is 78.1 cm³/mol. The molecule has 0 unspecified atom stereocenters. The smallest absolute Gasteiger partial charge is 0.335 e. The third-order valence-electron chi connectivity index (χ3n) is 3.20. The van der Waals surface area contributed by atoms with Gasteiger partial charge in [-0.3, -0.25) is 4.79 Å². The topological polar surface area (TPSA) is 76.7 Å². The van der Waals surface area contributed by atoms with Crippen molar-refractivity contribution in [2.45, 2.75) is 6.92 Å². The molecule has 0 aliphatic carbocycles. The molecule has 3 aromatic rings. The van der Waals surface area contributed by atoms with Gasteiger partial charge in [0.05, 0.1) is 22.9 Å². The Balaban J connectivity index is 2.32. The van der Waals surface area contributed by atoms with Crippen LogP contribution in [-0.2, 0) is 0 Å². The molecule has 0 spiro atoms. The van der Waals surface area contributed by atoms with Gasteiger partial charge in [-0.25, -0.2) is 4.79 Å². The lowest BCUT2D eigenvalue weighted by Crippen LogP contribution is -2.04. The van der Waals surface area contributed by atoms with Gasteiger partial charge < -0.3 is 14.3 Å². The van der Waals surface area contributed by atoms with Crippen LogP contribution in [0, 0.1) is 0 Å². The van der Waals surface area contributed by atoms with Gasteiger partial charge in [0.1, 0.15) is 16.9 Å². The summed E-state index contributed by atoms with van der Waals surface area (Å²) < 4.78 is 11.0. The number of ether oxygens (including phenoxy) is 1. The van der Waals surface area contributed by atoms with Gasteiger partial charge in [-0.15, -0.1) is 0 Å². The molecular weight excluding hydrogens is 272 g/mol. The second-order valence-electron chi connectivity index (χ2n) is 4.54. The van der Waals surface area contributed by atoms with E-state index in [1.807, 2.05) is 6.92 Å². The van der Waals surface area contributed by atoms with Crippen LogP contribution < -0.4 is 10.2 Å². The van der Waals surface area contributed by atoms with Crippen molar-refractivity contribution in [2.75, 3.05) is 6.61 Å². The van der Waals surface area contributed by atoms with Crippen LogP contribution in [0.5, 0.6) is 5.75 Å². The van der Waals surface area contributed by atoms with E-state index in [0.29, 0.717) is 28.7 Å². The summed E-state index contributed by atoms with van der Waals surface area (Å²) in [6.07, 6.45) is 0. The van der Waals surface area contributed by atoms with Crippen molar-refractivity contribution in [3.8, 4) is 5.75 Å². The van der Waals surface area contributed by atoms with Crippen LogP contribution in [-0.4, -0.2) is 17.7 Å². The highest BCUT2D eigenvalue weighted by molar-refractivity contribution is 5.95. The summed E-state index contributed by atoms with van der Waals surface area (Å²) in [5.41, 5.74) is 0.538. The van der Waals surface area contributed by atoms with E-state index in [1.54, 1.807) is 18.2 Å². The average molecular weight is 284 g/mol. The largest absolute Gasteiger partial charge is 0.494 e. The molecule has 0 saturated heterocycles. The van der Waals surface area contributed by atoms with E-state index in [4.69, 9.17) is 14.3 Å². The molecule has 21 heavy (non-hydrogen) atoms. The molecule has 0 atom stereocenters. The quantitative estimate of drug-likeness (QED) is 0.748. The summed E-state index contributed by atoms with van der Waals surface area (Å²) in [5.74, 6) is -0.467. The van der Waals surface area contributed by atoms with E-state index in [1.165, 1.54) is 18.2 Å². The Hall–Kier alpha value is -2.82. The maximum Gasteiger partial charge on any atom is 0.335 e. The van der Waals surface area contributed by atoms with Crippen molar-refractivity contribution in [1.82, 2.24) is 0 Å². The highest BCUT2D eigenvalue weighted by Gasteiger charge is 2.11. The van der Waals surface area contributed by atoms with E-state index in [0.717, 1.165) is 0 Å². The number of fused-ring (bicyclic) bond motifs is 2. The summed E-state index contributed by atoms with van der Waals surface area (Å²) in [4.78, 5) is 23.4. The molecule has 1 aromatic heterocycles. The van der Waals surface area contributed by atoms with Gasteiger partial charge in [0.2, 0.25) is 5.43 Å². The standard InChI is InChI=1S/C16H12O5/c1-2-20-10-4-6-13-12(8-10)15(17)11-5-3-9(16(18)19)7-14(11)21-13/h3-8H,2H2,1H3,(H,18,19). The van der Waals surface area contributed by atoms with Crippen molar-refractivity contribution < 1.29 is 19.1 Å². The van der Waals surface area contributed by atoms with Crippen LogP contribution in [0.4, 0.5) is 0 Å². The van der Waals surface area contributed by atoms with Gasteiger partial charge in [0.25, 0.3) is 0 Å². The molecule has 2 aromatic carbocycles. The number of rotatable bonds is 3. The Kier molecular flexibility index (Phi) is 3.10. The molecule has 1 N–H and O–H groups in total. The van der Waals surface area contributed by atoms with Gasteiger partial charge in [-0.2, -0.15) is 0 Å². The van der Waals surface area contributed by atoms with E-state index in [2.05, 4.69) is 0 Å². The molecule has 5 nitrogen and oxygen atoms in total. The molecule has 0 aliphatic rings. The Bertz CT molecular complexity index is 908. The summed E-state index contributed by atoms with van der Waals surface area (Å²) in [7, 11) is 0. The number of aromatic carboxylic acids is 1. The van der Waals surface area contributed by atoms with Crippen molar-refractivity contribution >= 4 is 27.9 Å². The number of carbonyl (C=O) groups is 1. The van der Waals surface area contributed by atoms with E-state index < -0.39 is 5.97 Å². The minimum Gasteiger partial charge on any atom is -0.494 e. The maximum absolute atomic E-state index is 12.5. The van der Waals surface area contributed by atoms with Gasteiger partial charge in [0, 0.05) is 0 Å². The first-order chi connectivity index (χ1) is 10.1. The first-order valence-corrected chi connectivity index (χ1v) is 6.47. The Morgan fingerprint density at radius 1 is 1.14 bits per heavy atom. The molecule has 0 bridgehead atoms. The summed E-state index contributed by atoms with van der Waals surface area (Å²) >= 11 is 0. The zero-order valence-corrected chi connectivity index (χ0v) is 11.3. The second-order valence-corrected chi connectivity index (χ2v) is 4.54. The fourth-order valence-electron chi connectivity index (χ4n) is 2.22. The molecule has 1 heterocycles. The number of hydrogen-bond donors (Lipinski definition) is 1. The number of carboxylic acids is 1. The van der Waals surface area contributed by atoms with Crippen LogP contribution in [0.3, 0.4) is 0 Å². The minimum atomic E-state index is -1.06. The van der Waals surface area contributed by atoms with Gasteiger partial charge in [-0.05, 0) is 43.3 Å². The summed E-state index contributed by atoms with van der Waals surface area (Å²) in [6.45, 7) is 2.37. The number of carboxylic acid groups (broad SMARTS) is 1. The number of benzene rings is 2.